The van der Waals surface area contributed by atoms with E-state index in [0.717, 1.165) is 25.2 Å². The second-order valence-electron chi connectivity index (χ2n) is 9.54. The van der Waals surface area contributed by atoms with Gasteiger partial charge in [-0.3, -0.25) is 14.5 Å². The lowest BCUT2D eigenvalue weighted by Crippen LogP contribution is -2.44. The van der Waals surface area contributed by atoms with Crippen LogP contribution in [0.1, 0.15) is 27.9 Å². The highest BCUT2D eigenvalue weighted by Crippen LogP contribution is 2.28. The van der Waals surface area contributed by atoms with Crippen molar-refractivity contribution in [1.29, 1.82) is 0 Å². The van der Waals surface area contributed by atoms with Gasteiger partial charge in [-0.2, -0.15) is 0 Å². The third kappa shape index (κ3) is 4.88. The average Bonchev–Trinajstić information content (AvgIpc) is 3.06. The first kappa shape index (κ1) is 22.7. The smallest absolute Gasteiger partial charge is 0.257 e. The van der Waals surface area contributed by atoms with Crippen LogP contribution in [0.5, 0.6) is 5.75 Å². The SMILES string of the molecule is CN1CC(Nc2ccc3c(c2)C(=O)N(C[C@H](O)CN2CCc4ccccc4C2)CCO3)CC1=O. The molecule has 1 fully saturated rings. The van der Waals surface area contributed by atoms with Gasteiger partial charge in [0.15, 0.2) is 0 Å². The summed E-state index contributed by atoms with van der Waals surface area (Å²) in [5.74, 6) is 0.530. The van der Waals surface area contributed by atoms with Crippen LogP contribution in [-0.4, -0.2) is 90.1 Å². The first-order valence-corrected chi connectivity index (χ1v) is 12.0. The molecular formula is C26H32N4O4. The Morgan fingerprint density at radius 1 is 1.12 bits per heavy atom. The van der Waals surface area contributed by atoms with Gasteiger partial charge in [0.2, 0.25) is 5.91 Å². The molecule has 0 aromatic heterocycles. The molecule has 5 rings (SSSR count). The van der Waals surface area contributed by atoms with Crippen molar-refractivity contribution < 1.29 is 19.4 Å². The Morgan fingerprint density at radius 3 is 2.74 bits per heavy atom. The van der Waals surface area contributed by atoms with E-state index in [2.05, 4.69) is 34.5 Å². The molecule has 3 aliphatic heterocycles. The van der Waals surface area contributed by atoms with E-state index in [4.69, 9.17) is 4.74 Å². The number of likely N-dealkylation sites (N-methyl/N-ethyl adjacent to an activating group) is 1. The molecule has 3 aliphatic rings. The van der Waals surface area contributed by atoms with Gasteiger partial charge < -0.3 is 25.0 Å². The number of nitrogens with zero attached hydrogens (tertiary/aromatic N) is 3. The molecule has 2 aromatic carbocycles. The zero-order chi connectivity index (χ0) is 23.7. The van der Waals surface area contributed by atoms with Crippen LogP contribution < -0.4 is 10.1 Å². The molecule has 0 bridgehead atoms. The first-order chi connectivity index (χ1) is 16.5. The fourth-order valence-corrected chi connectivity index (χ4v) is 5.14. The molecule has 2 N–H and O–H groups in total. The molecule has 1 saturated heterocycles. The van der Waals surface area contributed by atoms with Gasteiger partial charge in [0.05, 0.1) is 24.3 Å². The number of nitrogens with one attached hydrogen (secondary N) is 1. The number of aliphatic hydroxyl groups excluding tert-OH is 1. The Labute approximate surface area is 200 Å². The number of carbonyl (C=O) groups excluding carboxylic acids is 2. The van der Waals surface area contributed by atoms with E-state index in [1.807, 2.05) is 6.07 Å². The highest BCUT2D eigenvalue weighted by Gasteiger charge is 2.29. The highest BCUT2D eigenvalue weighted by atomic mass is 16.5. The molecule has 180 valence electrons. The summed E-state index contributed by atoms with van der Waals surface area (Å²) >= 11 is 0. The number of rotatable bonds is 6. The van der Waals surface area contributed by atoms with E-state index in [1.165, 1.54) is 11.1 Å². The summed E-state index contributed by atoms with van der Waals surface area (Å²) < 4.78 is 5.83. The lowest BCUT2D eigenvalue weighted by molar-refractivity contribution is -0.126. The minimum absolute atomic E-state index is 0.0185. The molecular weight excluding hydrogens is 432 g/mol. The first-order valence-electron chi connectivity index (χ1n) is 12.0. The van der Waals surface area contributed by atoms with Gasteiger partial charge in [0.25, 0.3) is 5.91 Å². The predicted octanol–water partition coefficient (Wildman–Crippen LogP) is 1.58. The Bertz CT molecular complexity index is 1070. The average molecular weight is 465 g/mol. The Hall–Kier alpha value is -3.10. The molecule has 0 saturated carbocycles. The van der Waals surface area contributed by atoms with Crippen molar-refractivity contribution in [3.05, 3.63) is 59.2 Å². The molecule has 2 aromatic rings. The van der Waals surface area contributed by atoms with E-state index < -0.39 is 6.10 Å². The predicted molar refractivity (Wildman–Crippen MR) is 129 cm³/mol. The van der Waals surface area contributed by atoms with Gasteiger partial charge in [-0.1, -0.05) is 24.3 Å². The van der Waals surface area contributed by atoms with E-state index >= 15 is 0 Å². The van der Waals surface area contributed by atoms with Crippen molar-refractivity contribution in [3.63, 3.8) is 0 Å². The van der Waals surface area contributed by atoms with Gasteiger partial charge in [-0.05, 0) is 35.7 Å². The second-order valence-corrected chi connectivity index (χ2v) is 9.54. The number of likely N-dealkylation sites (tertiary alicyclic amines) is 1. The number of hydrogen-bond acceptors (Lipinski definition) is 6. The molecule has 34 heavy (non-hydrogen) atoms. The topological polar surface area (TPSA) is 85.3 Å². The molecule has 2 amide bonds. The summed E-state index contributed by atoms with van der Waals surface area (Å²) in [6.07, 6.45) is 0.777. The third-order valence-electron chi connectivity index (χ3n) is 6.94. The van der Waals surface area contributed by atoms with Crippen LogP contribution in [0.4, 0.5) is 5.69 Å². The number of aliphatic hydroxyl groups is 1. The van der Waals surface area contributed by atoms with Crippen LogP contribution in [0.2, 0.25) is 0 Å². The maximum Gasteiger partial charge on any atom is 0.257 e. The van der Waals surface area contributed by atoms with Crippen LogP contribution >= 0.6 is 0 Å². The summed E-state index contributed by atoms with van der Waals surface area (Å²) in [7, 11) is 1.80. The van der Waals surface area contributed by atoms with Gasteiger partial charge >= 0.3 is 0 Å². The molecule has 2 atom stereocenters. The number of fused-ring (bicyclic) bond motifs is 2. The van der Waals surface area contributed by atoms with E-state index in [1.54, 1.807) is 29.0 Å². The number of anilines is 1. The minimum atomic E-state index is -0.642. The van der Waals surface area contributed by atoms with E-state index in [9.17, 15) is 14.7 Å². The third-order valence-corrected chi connectivity index (χ3v) is 6.94. The standard InChI is InChI=1S/C26H32N4O4/c1-28-15-21(13-25(28)32)27-20-6-7-24-23(12-20)26(33)30(10-11-34-24)17-22(31)16-29-9-8-18-4-2-3-5-19(18)14-29/h2-7,12,21-22,27,31H,8-11,13-17H2,1H3/t21?,22-/m1/s1. The maximum atomic E-state index is 13.4. The van der Waals surface area contributed by atoms with Crippen LogP contribution in [0.25, 0.3) is 0 Å². The van der Waals surface area contributed by atoms with E-state index in [0.29, 0.717) is 44.0 Å². The molecule has 0 radical (unpaired) electrons. The molecule has 8 heteroatoms. The molecule has 1 unspecified atom stereocenters. The van der Waals surface area contributed by atoms with Crippen LogP contribution in [0, 0.1) is 0 Å². The van der Waals surface area contributed by atoms with Crippen molar-refractivity contribution in [2.24, 2.45) is 0 Å². The number of benzene rings is 2. The molecule has 0 aliphatic carbocycles. The summed E-state index contributed by atoms with van der Waals surface area (Å²) in [6, 6.07) is 13.9. The lowest BCUT2D eigenvalue weighted by Gasteiger charge is -2.32. The second kappa shape index (κ2) is 9.64. The van der Waals surface area contributed by atoms with Crippen molar-refractivity contribution in [1.82, 2.24) is 14.7 Å². The number of amides is 2. The van der Waals surface area contributed by atoms with Gasteiger partial charge in [-0.15, -0.1) is 0 Å². The fraction of sp³-hybridized carbons (Fsp3) is 0.462. The largest absolute Gasteiger partial charge is 0.491 e. The maximum absolute atomic E-state index is 13.4. The highest BCUT2D eigenvalue weighted by molar-refractivity contribution is 5.98. The monoisotopic (exact) mass is 464 g/mol. The zero-order valence-corrected chi connectivity index (χ0v) is 19.6. The normalized spacial score (nSPS) is 21.5. The molecule has 3 heterocycles. The quantitative estimate of drug-likeness (QED) is 0.675. The summed E-state index contributed by atoms with van der Waals surface area (Å²) in [4.78, 5) is 30.8. The number of β-amino-alcohol motifs (C(OH)–C–C–N with tert-alkyl or cyclic N) is 1. The number of carbonyl (C=O) groups is 2. The van der Waals surface area contributed by atoms with Crippen LogP contribution in [0.3, 0.4) is 0 Å². The van der Waals surface area contributed by atoms with Crippen molar-refractivity contribution in [2.75, 3.05) is 51.7 Å². The van der Waals surface area contributed by atoms with Crippen LogP contribution in [-0.2, 0) is 17.8 Å². The Balaban J connectivity index is 1.22. The summed E-state index contributed by atoms with van der Waals surface area (Å²) in [5, 5.41) is 14.2. The van der Waals surface area contributed by atoms with Gasteiger partial charge in [0.1, 0.15) is 12.4 Å². The van der Waals surface area contributed by atoms with Crippen molar-refractivity contribution in [2.45, 2.75) is 31.5 Å². The van der Waals surface area contributed by atoms with Crippen LogP contribution in [0.15, 0.2) is 42.5 Å². The Kier molecular flexibility index (Phi) is 6.43. The van der Waals surface area contributed by atoms with Crippen molar-refractivity contribution >= 4 is 17.5 Å². The molecule has 8 nitrogen and oxygen atoms in total. The number of hydrogen-bond donors (Lipinski definition) is 2. The summed E-state index contributed by atoms with van der Waals surface area (Å²) in [6.45, 7) is 3.97. The van der Waals surface area contributed by atoms with Gasteiger partial charge in [0, 0.05) is 51.9 Å². The van der Waals surface area contributed by atoms with Crippen molar-refractivity contribution in [3.8, 4) is 5.75 Å². The van der Waals surface area contributed by atoms with E-state index in [-0.39, 0.29) is 24.4 Å². The number of ether oxygens (including phenoxy) is 1. The zero-order valence-electron chi connectivity index (χ0n) is 19.6. The lowest BCUT2D eigenvalue weighted by atomic mass is 10.00. The fourth-order valence-electron chi connectivity index (χ4n) is 5.14. The van der Waals surface area contributed by atoms with Gasteiger partial charge in [-0.25, -0.2) is 0 Å². The molecule has 0 spiro atoms. The minimum Gasteiger partial charge on any atom is -0.491 e. The summed E-state index contributed by atoms with van der Waals surface area (Å²) in [5.41, 5.74) is 3.96. The Morgan fingerprint density at radius 2 is 1.94 bits per heavy atom.